The molecule has 0 radical (unpaired) electrons. The van der Waals surface area contributed by atoms with Gasteiger partial charge in [-0.15, -0.1) is 0 Å². The highest BCUT2D eigenvalue weighted by Gasteiger charge is 2.17. The van der Waals surface area contributed by atoms with E-state index in [1.165, 1.54) is 0 Å². The molecule has 138 valence electrons. The SMILES string of the molecule is Cc1cnc2nc3c4ccccc4c4cc(-c5ccccc5)nn4c3c(C)c2n1. The molecular weight excluding hydrogens is 358 g/mol. The summed E-state index contributed by atoms with van der Waals surface area (Å²) in [6.45, 7) is 4.03. The topological polar surface area (TPSA) is 56.0 Å². The van der Waals surface area contributed by atoms with E-state index < -0.39 is 0 Å². The van der Waals surface area contributed by atoms with Gasteiger partial charge < -0.3 is 0 Å². The molecule has 5 nitrogen and oxygen atoms in total. The molecule has 6 aromatic rings. The molecule has 0 atom stereocenters. The molecule has 0 amide bonds. The largest absolute Gasteiger partial charge is 0.248 e. The fourth-order valence-corrected chi connectivity index (χ4v) is 4.11. The lowest BCUT2D eigenvalue weighted by Crippen LogP contribution is -2.01. The van der Waals surface area contributed by atoms with Gasteiger partial charge in [0.05, 0.1) is 34.1 Å². The van der Waals surface area contributed by atoms with Gasteiger partial charge in [0.1, 0.15) is 5.52 Å². The summed E-state index contributed by atoms with van der Waals surface area (Å²) in [5.41, 5.74) is 8.40. The van der Waals surface area contributed by atoms with Crippen LogP contribution >= 0.6 is 0 Å². The molecule has 4 heterocycles. The van der Waals surface area contributed by atoms with Crippen molar-refractivity contribution in [3.05, 3.63) is 78.1 Å². The van der Waals surface area contributed by atoms with Crippen molar-refractivity contribution in [3.8, 4) is 11.3 Å². The summed E-state index contributed by atoms with van der Waals surface area (Å²) in [7, 11) is 0. The highest BCUT2D eigenvalue weighted by molar-refractivity contribution is 6.13. The summed E-state index contributed by atoms with van der Waals surface area (Å²) in [4.78, 5) is 14.1. The maximum atomic E-state index is 4.98. The van der Waals surface area contributed by atoms with E-state index in [9.17, 15) is 0 Å². The van der Waals surface area contributed by atoms with Crippen molar-refractivity contribution in [1.82, 2.24) is 24.6 Å². The maximum absolute atomic E-state index is 4.98. The number of rotatable bonds is 1. The highest BCUT2D eigenvalue weighted by Crippen LogP contribution is 2.34. The highest BCUT2D eigenvalue weighted by atomic mass is 15.2. The zero-order valence-corrected chi connectivity index (χ0v) is 16.1. The fraction of sp³-hybridized carbons (Fsp3) is 0.0833. The lowest BCUT2D eigenvalue weighted by atomic mass is 10.1. The van der Waals surface area contributed by atoms with Crippen molar-refractivity contribution in [2.45, 2.75) is 13.8 Å². The maximum Gasteiger partial charge on any atom is 0.179 e. The predicted molar refractivity (Wildman–Crippen MR) is 116 cm³/mol. The molecule has 0 aliphatic heterocycles. The van der Waals surface area contributed by atoms with Crippen molar-refractivity contribution in [2.75, 3.05) is 0 Å². The van der Waals surface area contributed by atoms with Crippen LogP contribution in [0, 0.1) is 13.8 Å². The Morgan fingerprint density at radius 3 is 2.38 bits per heavy atom. The Morgan fingerprint density at radius 2 is 1.55 bits per heavy atom. The molecule has 0 bridgehead atoms. The Balaban J connectivity index is 1.86. The van der Waals surface area contributed by atoms with Gasteiger partial charge in [-0.25, -0.2) is 19.5 Å². The third kappa shape index (κ3) is 2.27. The Bertz CT molecular complexity index is 1570. The molecule has 0 unspecified atom stereocenters. The second kappa shape index (κ2) is 5.82. The first-order valence-electron chi connectivity index (χ1n) is 9.60. The number of benzene rings is 2. The third-order valence-corrected chi connectivity index (χ3v) is 5.47. The zero-order valence-electron chi connectivity index (χ0n) is 16.1. The molecule has 0 fully saturated rings. The van der Waals surface area contributed by atoms with Crippen molar-refractivity contribution in [3.63, 3.8) is 0 Å². The number of hydrogen-bond acceptors (Lipinski definition) is 4. The fourth-order valence-electron chi connectivity index (χ4n) is 4.11. The summed E-state index contributed by atoms with van der Waals surface area (Å²) in [6.07, 6.45) is 1.77. The Labute approximate surface area is 166 Å². The predicted octanol–water partition coefficient (Wildman–Crippen LogP) is 5.26. The van der Waals surface area contributed by atoms with E-state index in [4.69, 9.17) is 15.1 Å². The van der Waals surface area contributed by atoms with Gasteiger partial charge in [0.25, 0.3) is 0 Å². The molecule has 0 saturated heterocycles. The average molecular weight is 375 g/mol. The molecule has 0 N–H and O–H groups in total. The molecule has 4 aromatic heterocycles. The van der Waals surface area contributed by atoms with Crippen molar-refractivity contribution in [2.24, 2.45) is 0 Å². The van der Waals surface area contributed by atoms with Crippen LogP contribution in [0.4, 0.5) is 0 Å². The van der Waals surface area contributed by atoms with E-state index in [-0.39, 0.29) is 0 Å². The molecule has 6 rings (SSSR count). The van der Waals surface area contributed by atoms with Crippen LogP contribution in [0.3, 0.4) is 0 Å². The third-order valence-electron chi connectivity index (χ3n) is 5.47. The first kappa shape index (κ1) is 16.1. The van der Waals surface area contributed by atoms with Crippen LogP contribution in [0.1, 0.15) is 11.3 Å². The van der Waals surface area contributed by atoms with Crippen molar-refractivity contribution in [1.29, 1.82) is 0 Å². The van der Waals surface area contributed by atoms with Crippen LogP contribution in [0.25, 0.3) is 49.7 Å². The standard InChI is InChI=1S/C24H17N5/c1-14-13-25-24-21(26-14)15(2)23-22(27-24)18-11-7-6-10-17(18)20-12-19(28-29(20)23)16-8-4-3-5-9-16/h3-13H,1-2H3. The number of hydrogen-bond donors (Lipinski definition) is 0. The monoisotopic (exact) mass is 375 g/mol. The quantitative estimate of drug-likeness (QED) is 0.290. The van der Waals surface area contributed by atoms with E-state index in [0.717, 1.165) is 55.4 Å². The van der Waals surface area contributed by atoms with Crippen LogP contribution in [0.15, 0.2) is 66.9 Å². The first-order chi connectivity index (χ1) is 14.2. The van der Waals surface area contributed by atoms with Crippen molar-refractivity contribution >= 4 is 38.5 Å². The number of aryl methyl sites for hydroxylation is 2. The van der Waals surface area contributed by atoms with Crippen molar-refractivity contribution < 1.29 is 0 Å². The Morgan fingerprint density at radius 1 is 0.793 bits per heavy atom. The molecule has 29 heavy (non-hydrogen) atoms. The van der Waals surface area contributed by atoms with Crippen LogP contribution < -0.4 is 0 Å². The van der Waals surface area contributed by atoms with Gasteiger partial charge in [0.2, 0.25) is 0 Å². The van der Waals surface area contributed by atoms with Crippen LogP contribution in [-0.2, 0) is 0 Å². The summed E-state index contributed by atoms with van der Waals surface area (Å²) in [5.74, 6) is 0. The zero-order chi connectivity index (χ0) is 19.5. The Kier molecular flexibility index (Phi) is 3.23. The first-order valence-corrected chi connectivity index (χ1v) is 9.60. The van der Waals surface area contributed by atoms with Gasteiger partial charge in [0.15, 0.2) is 5.65 Å². The number of aromatic nitrogens is 5. The molecular formula is C24H17N5. The van der Waals surface area contributed by atoms with Gasteiger partial charge in [-0.1, -0.05) is 54.6 Å². The van der Waals surface area contributed by atoms with E-state index >= 15 is 0 Å². The van der Waals surface area contributed by atoms with Crippen LogP contribution in [0.2, 0.25) is 0 Å². The molecule has 5 heteroatoms. The van der Waals surface area contributed by atoms with Gasteiger partial charge in [0, 0.05) is 21.9 Å². The van der Waals surface area contributed by atoms with Gasteiger partial charge >= 0.3 is 0 Å². The lowest BCUT2D eigenvalue weighted by Gasteiger charge is -2.11. The molecule has 0 aliphatic rings. The average Bonchev–Trinajstić information content (AvgIpc) is 3.20. The number of fused-ring (bicyclic) bond motifs is 7. The minimum Gasteiger partial charge on any atom is -0.248 e. The van der Waals surface area contributed by atoms with E-state index in [1.807, 2.05) is 29.6 Å². The molecule has 2 aromatic carbocycles. The van der Waals surface area contributed by atoms with E-state index in [2.05, 4.69) is 54.4 Å². The van der Waals surface area contributed by atoms with E-state index in [1.54, 1.807) is 6.20 Å². The minimum atomic E-state index is 0.667. The van der Waals surface area contributed by atoms with E-state index in [0.29, 0.717) is 5.65 Å². The lowest BCUT2D eigenvalue weighted by molar-refractivity contribution is 1.00. The van der Waals surface area contributed by atoms with Gasteiger partial charge in [-0.3, -0.25) is 0 Å². The molecule has 0 saturated carbocycles. The normalized spacial score (nSPS) is 11.8. The minimum absolute atomic E-state index is 0.667. The van der Waals surface area contributed by atoms with Crippen LogP contribution in [-0.4, -0.2) is 24.6 Å². The summed E-state index contributed by atoms with van der Waals surface area (Å²) >= 11 is 0. The number of pyridine rings is 2. The van der Waals surface area contributed by atoms with Gasteiger partial charge in [-0.2, -0.15) is 5.10 Å². The number of nitrogens with zero attached hydrogens (tertiary/aromatic N) is 5. The summed E-state index contributed by atoms with van der Waals surface area (Å²) in [5, 5.41) is 7.20. The van der Waals surface area contributed by atoms with Gasteiger partial charge in [-0.05, 0) is 19.9 Å². The molecule has 0 aliphatic carbocycles. The summed E-state index contributed by atoms with van der Waals surface area (Å²) in [6, 6.07) is 20.8. The molecule has 0 spiro atoms. The smallest absolute Gasteiger partial charge is 0.179 e. The second-order valence-corrected chi connectivity index (χ2v) is 7.36. The second-order valence-electron chi connectivity index (χ2n) is 7.36. The summed E-state index contributed by atoms with van der Waals surface area (Å²) < 4.78 is 2.02. The Hall–Kier alpha value is -3.86. The van der Waals surface area contributed by atoms with Crippen LogP contribution in [0.5, 0.6) is 0 Å².